The van der Waals surface area contributed by atoms with Crippen LogP contribution >= 0.6 is 49.6 Å². The third-order valence-electron chi connectivity index (χ3n) is 22.0. The van der Waals surface area contributed by atoms with E-state index in [1.807, 2.05) is 90.8 Å². The van der Waals surface area contributed by atoms with Gasteiger partial charge in [0.1, 0.15) is 26.4 Å². The summed E-state index contributed by atoms with van der Waals surface area (Å²) in [5.41, 5.74) is 15.5. The molecule has 3 aliphatic heterocycles. The van der Waals surface area contributed by atoms with E-state index in [9.17, 15) is 0 Å². The Hall–Kier alpha value is -10.5. The van der Waals surface area contributed by atoms with Crippen LogP contribution in [0.15, 0.2) is 255 Å². The number of para-hydroxylation sites is 2. The van der Waals surface area contributed by atoms with E-state index in [0.29, 0.717) is 32.3 Å². The summed E-state index contributed by atoms with van der Waals surface area (Å²) in [7, 11) is 8.16. The highest BCUT2D eigenvalue weighted by atomic mass is 35.5. The van der Waals surface area contributed by atoms with E-state index >= 15 is 0 Å². The molecular weight excluding hydrogens is 1690 g/mol. The van der Waals surface area contributed by atoms with Crippen LogP contribution in [-0.2, 0) is 32.7 Å². The molecule has 0 amide bonds. The van der Waals surface area contributed by atoms with Gasteiger partial charge >= 0.3 is 0 Å². The number of ether oxygens (including phenoxy) is 5. The van der Waals surface area contributed by atoms with Gasteiger partial charge in [0.2, 0.25) is 29.4 Å². The molecule has 0 radical (unpaired) electrons. The second kappa shape index (κ2) is 56.2. The predicted octanol–water partition coefficient (Wildman–Crippen LogP) is 22.9. The molecule has 0 N–H and O–H groups in total. The summed E-state index contributed by atoms with van der Waals surface area (Å²) in [6.45, 7) is 25.6. The van der Waals surface area contributed by atoms with Gasteiger partial charge < -0.3 is 38.4 Å². The van der Waals surface area contributed by atoms with Gasteiger partial charge in [-0.2, -0.15) is 0 Å². The number of hydrogen-bond acceptors (Lipinski definition) is 15. The smallest absolute Gasteiger partial charge is 0.240 e. The van der Waals surface area contributed by atoms with Gasteiger partial charge in [0.25, 0.3) is 0 Å². The average molecular weight is 1840 g/mol. The van der Waals surface area contributed by atoms with Crippen molar-refractivity contribution in [2.45, 2.75) is 136 Å². The molecular formula is C105H143Cl4N15O5. The normalized spacial score (nSPS) is 12.7. The third-order valence-corrected chi connectivity index (χ3v) is 22.0. The number of rotatable bonds is 31. The zero-order chi connectivity index (χ0) is 82.6. The summed E-state index contributed by atoms with van der Waals surface area (Å²) in [6, 6.07) is 87.9. The van der Waals surface area contributed by atoms with Crippen molar-refractivity contribution < 1.29 is 23.7 Å². The first kappa shape index (κ1) is 109. The SMILES string of the molecule is C.C.C.C.C.CN(C)CCOc1nn(Cc2ccccc2)c2ccccc12.Cc1ccc2c(c1)c(OCCCN1CCCC1)nn2Cc1ccccc1.Cc1ccc2c(c1)c(OCCN(C)C)nn2Cc1ccccc1.Cc1ccc2c(c1)c(OCCN1CCCC1)nn2Cc1ccccc1.Cl.Cl.Cl.Cl.c1ccc(Cn2nc(OCCN3CCCC3)c3ccccc32)cc1. The first-order valence-electron chi connectivity index (χ1n) is 43.0. The molecule has 10 aromatic carbocycles. The van der Waals surface area contributed by atoms with E-state index in [4.69, 9.17) is 44.1 Å². The minimum Gasteiger partial charge on any atom is -0.476 e. The van der Waals surface area contributed by atoms with Gasteiger partial charge in [0.05, 0.1) is 93.8 Å². The first-order chi connectivity index (χ1) is 58.9. The van der Waals surface area contributed by atoms with E-state index in [1.54, 1.807) is 0 Å². The fourth-order valence-corrected chi connectivity index (χ4v) is 15.6. The Labute approximate surface area is 793 Å². The Morgan fingerprint density at radius 3 is 0.752 bits per heavy atom. The van der Waals surface area contributed by atoms with Crippen LogP contribution in [0.5, 0.6) is 29.4 Å². The zero-order valence-electron chi connectivity index (χ0n) is 72.9. The summed E-state index contributed by atoms with van der Waals surface area (Å²) < 4.78 is 40.2. The van der Waals surface area contributed by atoms with Crippen LogP contribution < -0.4 is 23.7 Å². The number of fused-ring (bicyclic) bond motifs is 5. The van der Waals surface area contributed by atoms with E-state index in [1.165, 1.54) is 122 Å². The highest BCUT2D eigenvalue weighted by Crippen LogP contribution is 2.32. The molecule has 0 spiro atoms. The lowest BCUT2D eigenvalue weighted by Gasteiger charge is -2.14. The third kappa shape index (κ3) is 31.7. The molecule has 3 saturated heterocycles. The fourth-order valence-electron chi connectivity index (χ4n) is 15.6. The lowest BCUT2D eigenvalue weighted by molar-refractivity contribution is 0.232. The standard InChI is InChI=1S/C22H27N3O.C21H25N3O.C20H23N3O.C19H23N3O.C18H21N3O.5CH4.4ClH/c1-18-10-11-21-20(16-18)22(26-15-7-14-24-12-5-6-13-24)23-25(21)17-19-8-3-2-4-9-19;1-17-9-10-20-19(15-17)21(25-14-13-23-11-5-6-12-23)22-24(20)16-18-7-3-2-4-8-18;1-2-8-17(9-3-1)16-23-19-11-5-4-10-18(19)20(21-23)24-15-14-22-12-6-7-13-22;1-15-9-10-18-17(13-15)19(23-12-11-21(2)3)20-22(18)14-16-7-5-4-6-8-16;1-20(2)12-13-22-18-16-10-6-7-11-17(16)21(19-18)14-15-8-4-3-5-9-15;;;;;;;;;/h2-4,8-11,16H,5-7,12-15,17H2,1H3;2-4,7-10,15H,5-6,11-14,16H2,1H3;1-5,8-11H,6-7,12-16H2;4-10,13H,11-12,14H2,1-3H3;3-11H,12-14H2,1-2H3;5*1H4;4*1H. The molecule has 18 rings (SSSR count). The summed E-state index contributed by atoms with van der Waals surface area (Å²) in [4.78, 5) is 11.7. The molecule has 696 valence electrons. The number of halogens is 4. The van der Waals surface area contributed by atoms with Crippen molar-refractivity contribution in [2.75, 3.05) is 133 Å². The van der Waals surface area contributed by atoms with Gasteiger partial charge in [-0.3, -0.25) is 33.2 Å². The van der Waals surface area contributed by atoms with Gasteiger partial charge in [-0.25, -0.2) is 0 Å². The summed E-state index contributed by atoms with van der Waals surface area (Å²) in [5, 5.41) is 29.1. The second-order valence-electron chi connectivity index (χ2n) is 32.2. The summed E-state index contributed by atoms with van der Waals surface area (Å²) >= 11 is 0. The van der Waals surface area contributed by atoms with E-state index in [0.717, 1.165) is 157 Å². The predicted molar refractivity (Wildman–Crippen MR) is 549 cm³/mol. The Kier molecular flexibility index (Phi) is 47.5. The van der Waals surface area contributed by atoms with Crippen molar-refractivity contribution in [2.24, 2.45) is 0 Å². The molecule has 0 unspecified atom stereocenters. The van der Waals surface area contributed by atoms with Crippen LogP contribution in [0.1, 0.15) is 127 Å². The maximum atomic E-state index is 6.09. The van der Waals surface area contributed by atoms with Crippen molar-refractivity contribution >= 4 is 104 Å². The van der Waals surface area contributed by atoms with Crippen LogP contribution in [-0.4, -0.2) is 207 Å². The van der Waals surface area contributed by atoms with Crippen LogP contribution in [0.4, 0.5) is 0 Å². The molecule has 3 aliphatic rings. The number of aryl methyl sites for hydroxylation is 3. The number of benzene rings is 10. The van der Waals surface area contributed by atoms with E-state index in [-0.39, 0.29) is 86.8 Å². The Bertz CT molecular complexity index is 5620. The van der Waals surface area contributed by atoms with Crippen LogP contribution in [0.25, 0.3) is 54.5 Å². The van der Waals surface area contributed by atoms with Crippen molar-refractivity contribution in [3.8, 4) is 29.4 Å². The summed E-state index contributed by atoms with van der Waals surface area (Å²) in [6.07, 6.45) is 8.99. The Balaban J connectivity index is 0.000000281. The molecule has 0 aliphatic carbocycles. The minimum absolute atomic E-state index is 0. The van der Waals surface area contributed by atoms with Crippen LogP contribution in [0.3, 0.4) is 0 Å². The largest absolute Gasteiger partial charge is 0.476 e. The van der Waals surface area contributed by atoms with Gasteiger partial charge in [-0.05, 0) is 222 Å². The first-order valence-corrected chi connectivity index (χ1v) is 43.0. The molecule has 0 saturated carbocycles. The number of nitrogens with zero attached hydrogens (tertiary/aromatic N) is 15. The second-order valence-corrected chi connectivity index (χ2v) is 32.2. The van der Waals surface area contributed by atoms with Crippen LogP contribution in [0, 0.1) is 20.8 Å². The quantitative estimate of drug-likeness (QED) is 0.0379. The van der Waals surface area contributed by atoms with Gasteiger partial charge in [-0.1, -0.05) is 248 Å². The molecule has 15 aromatic rings. The maximum absolute atomic E-state index is 6.09. The van der Waals surface area contributed by atoms with E-state index in [2.05, 4.69) is 266 Å². The van der Waals surface area contributed by atoms with Crippen molar-refractivity contribution in [1.29, 1.82) is 0 Å². The van der Waals surface area contributed by atoms with Crippen molar-refractivity contribution in [3.63, 3.8) is 0 Å². The maximum Gasteiger partial charge on any atom is 0.240 e. The molecule has 5 aromatic heterocycles. The van der Waals surface area contributed by atoms with Crippen molar-refractivity contribution in [3.05, 3.63) is 299 Å². The molecule has 129 heavy (non-hydrogen) atoms. The highest BCUT2D eigenvalue weighted by Gasteiger charge is 2.21. The Morgan fingerprint density at radius 1 is 0.256 bits per heavy atom. The molecule has 0 atom stereocenters. The highest BCUT2D eigenvalue weighted by molar-refractivity contribution is 5.89. The lowest BCUT2D eigenvalue weighted by Crippen LogP contribution is -2.25. The number of aromatic nitrogens is 10. The number of likely N-dealkylation sites (N-methyl/N-ethyl adjacent to an activating group) is 2. The minimum atomic E-state index is 0. The lowest BCUT2D eigenvalue weighted by atomic mass is 10.1. The zero-order valence-corrected chi connectivity index (χ0v) is 76.2. The fraction of sp³-hybridized carbons (Fsp3) is 0.381. The molecule has 3 fully saturated rings. The molecule has 24 heteroatoms. The monoisotopic (exact) mass is 1830 g/mol. The van der Waals surface area contributed by atoms with E-state index < -0.39 is 0 Å². The van der Waals surface area contributed by atoms with Gasteiger partial charge in [0, 0.05) is 32.7 Å². The number of hydrogen-bond donors (Lipinski definition) is 0. The Morgan fingerprint density at radius 2 is 0.481 bits per heavy atom. The van der Waals surface area contributed by atoms with Gasteiger partial charge in [-0.15, -0.1) is 75.1 Å². The van der Waals surface area contributed by atoms with Crippen LogP contribution in [0.2, 0.25) is 0 Å². The molecule has 8 heterocycles. The topological polar surface area (TPSA) is 151 Å². The van der Waals surface area contributed by atoms with Gasteiger partial charge in [0.15, 0.2) is 0 Å². The summed E-state index contributed by atoms with van der Waals surface area (Å²) in [5.74, 6) is 3.71. The molecule has 20 nitrogen and oxygen atoms in total. The van der Waals surface area contributed by atoms with Crippen molar-refractivity contribution in [1.82, 2.24) is 73.4 Å². The number of likely N-dealkylation sites (tertiary alicyclic amines) is 3. The molecule has 0 bridgehead atoms. The average Bonchev–Trinajstić information content (AvgIpc) is 1.67.